The summed E-state index contributed by atoms with van der Waals surface area (Å²) in [6.07, 6.45) is 3.58. The van der Waals surface area contributed by atoms with Gasteiger partial charge >= 0.3 is 0 Å². The topological polar surface area (TPSA) is 56.5 Å². The smallest absolute Gasteiger partial charge is 0.194 e. The highest BCUT2D eigenvalue weighted by Gasteiger charge is 2.19. The Bertz CT molecular complexity index is 580. The van der Waals surface area contributed by atoms with Crippen LogP contribution in [-0.4, -0.2) is 31.8 Å². The molecule has 2 heterocycles. The van der Waals surface area contributed by atoms with Crippen molar-refractivity contribution < 1.29 is 13.9 Å². The van der Waals surface area contributed by atoms with E-state index in [2.05, 4.69) is 10.3 Å². The lowest BCUT2D eigenvalue weighted by Crippen LogP contribution is -2.15. The molecule has 0 saturated heterocycles. The molecule has 0 saturated carbocycles. The number of rotatable bonds is 5. The standard InChI is InChI=1S/C15H18N2O3/c1-16-7-3-6-14-17-10-13(20-14)11-4-2-5-12-15(11)19-9-8-18-12/h2,4-5,10,16H,3,6-9H2,1H3. The molecule has 1 N–H and O–H groups in total. The molecule has 106 valence electrons. The normalized spacial score (nSPS) is 13.4. The Kier molecular flexibility index (Phi) is 3.87. The summed E-state index contributed by atoms with van der Waals surface area (Å²) in [6, 6.07) is 5.81. The number of ether oxygens (including phenoxy) is 2. The molecule has 2 aromatic rings. The maximum absolute atomic E-state index is 5.81. The van der Waals surface area contributed by atoms with Gasteiger partial charge in [0.05, 0.1) is 11.8 Å². The summed E-state index contributed by atoms with van der Waals surface area (Å²) in [6.45, 7) is 2.10. The number of hydrogen-bond donors (Lipinski definition) is 1. The van der Waals surface area contributed by atoms with Crippen LogP contribution in [0.15, 0.2) is 28.8 Å². The molecule has 1 aliphatic heterocycles. The van der Waals surface area contributed by atoms with Gasteiger partial charge in [0.1, 0.15) is 13.2 Å². The van der Waals surface area contributed by atoms with Crippen LogP contribution >= 0.6 is 0 Å². The van der Waals surface area contributed by atoms with Gasteiger partial charge in [0.15, 0.2) is 23.1 Å². The molecule has 0 radical (unpaired) electrons. The lowest BCUT2D eigenvalue weighted by molar-refractivity contribution is 0.172. The number of aromatic nitrogens is 1. The van der Waals surface area contributed by atoms with Gasteiger partial charge in [-0.3, -0.25) is 0 Å². The zero-order valence-corrected chi connectivity index (χ0v) is 11.5. The molecule has 0 atom stereocenters. The van der Waals surface area contributed by atoms with E-state index in [-0.39, 0.29) is 0 Å². The van der Waals surface area contributed by atoms with Crippen molar-refractivity contribution in [3.63, 3.8) is 0 Å². The van der Waals surface area contributed by atoms with Crippen molar-refractivity contribution in [1.29, 1.82) is 0 Å². The lowest BCUT2D eigenvalue weighted by Gasteiger charge is -2.19. The Morgan fingerprint density at radius 1 is 1.25 bits per heavy atom. The first-order valence-electron chi connectivity index (χ1n) is 6.87. The van der Waals surface area contributed by atoms with Gasteiger partial charge in [-0.15, -0.1) is 0 Å². The number of hydrogen-bond acceptors (Lipinski definition) is 5. The highest BCUT2D eigenvalue weighted by Crippen LogP contribution is 2.39. The molecule has 0 unspecified atom stereocenters. The molecule has 5 heteroatoms. The fourth-order valence-electron chi connectivity index (χ4n) is 2.23. The van der Waals surface area contributed by atoms with Gasteiger partial charge in [-0.1, -0.05) is 6.07 Å². The van der Waals surface area contributed by atoms with Gasteiger partial charge < -0.3 is 19.2 Å². The monoisotopic (exact) mass is 274 g/mol. The van der Waals surface area contributed by atoms with Crippen LogP contribution < -0.4 is 14.8 Å². The molecule has 1 aromatic heterocycles. The predicted molar refractivity (Wildman–Crippen MR) is 75.2 cm³/mol. The van der Waals surface area contributed by atoms with Gasteiger partial charge in [0, 0.05) is 6.42 Å². The van der Waals surface area contributed by atoms with Crippen molar-refractivity contribution in [2.24, 2.45) is 0 Å². The summed E-state index contributed by atoms with van der Waals surface area (Å²) in [5.74, 6) is 3.00. The van der Waals surface area contributed by atoms with Crippen LogP contribution in [0.25, 0.3) is 11.3 Å². The largest absolute Gasteiger partial charge is 0.486 e. The molecule has 0 spiro atoms. The van der Waals surface area contributed by atoms with Crippen molar-refractivity contribution in [3.05, 3.63) is 30.3 Å². The predicted octanol–water partition coefficient (Wildman–Crippen LogP) is 2.26. The zero-order valence-electron chi connectivity index (χ0n) is 11.5. The van der Waals surface area contributed by atoms with Crippen LogP contribution in [0.5, 0.6) is 11.5 Å². The summed E-state index contributed by atoms with van der Waals surface area (Å²) in [5.41, 5.74) is 0.898. The number of nitrogens with zero attached hydrogens (tertiary/aromatic N) is 1. The molecule has 0 aliphatic carbocycles. The first-order valence-corrected chi connectivity index (χ1v) is 6.87. The first-order chi connectivity index (χ1) is 9.88. The molecule has 20 heavy (non-hydrogen) atoms. The third-order valence-corrected chi connectivity index (χ3v) is 3.20. The molecular formula is C15H18N2O3. The van der Waals surface area contributed by atoms with Gasteiger partial charge in [0.2, 0.25) is 0 Å². The van der Waals surface area contributed by atoms with Crippen LogP contribution in [0.3, 0.4) is 0 Å². The minimum atomic E-state index is 0.563. The summed E-state index contributed by atoms with van der Waals surface area (Å²) in [4.78, 5) is 4.32. The maximum atomic E-state index is 5.81. The Hall–Kier alpha value is -2.01. The fraction of sp³-hybridized carbons (Fsp3) is 0.400. The van der Waals surface area contributed by atoms with E-state index in [1.165, 1.54) is 0 Å². The lowest BCUT2D eigenvalue weighted by atomic mass is 10.1. The van der Waals surface area contributed by atoms with E-state index in [4.69, 9.17) is 13.9 Å². The number of aryl methyl sites for hydroxylation is 1. The second kappa shape index (κ2) is 5.96. The van der Waals surface area contributed by atoms with E-state index in [0.29, 0.717) is 13.2 Å². The summed E-state index contributed by atoms with van der Waals surface area (Å²) >= 11 is 0. The molecule has 5 nitrogen and oxygen atoms in total. The van der Waals surface area contributed by atoms with Crippen molar-refractivity contribution in [2.75, 3.05) is 26.8 Å². The number of benzene rings is 1. The first kappa shape index (κ1) is 13.0. The maximum Gasteiger partial charge on any atom is 0.194 e. The minimum absolute atomic E-state index is 0.563. The Morgan fingerprint density at radius 3 is 3.05 bits per heavy atom. The van der Waals surface area contributed by atoms with Crippen molar-refractivity contribution >= 4 is 0 Å². The Labute approximate surface area is 117 Å². The van der Waals surface area contributed by atoms with Gasteiger partial charge in [0.25, 0.3) is 0 Å². The number of fused-ring (bicyclic) bond motifs is 1. The van der Waals surface area contributed by atoms with Crippen LogP contribution in [0, 0.1) is 0 Å². The molecule has 1 aliphatic rings. The van der Waals surface area contributed by atoms with E-state index in [1.54, 1.807) is 6.20 Å². The number of oxazole rings is 1. The minimum Gasteiger partial charge on any atom is -0.486 e. The second-order valence-corrected chi connectivity index (χ2v) is 4.66. The SMILES string of the molecule is CNCCCc1ncc(-c2cccc3c2OCCO3)o1. The van der Waals surface area contributed by atoms with Crippen LogP contribution in [0.4, 0.5) is 0 Å². The van der Waals surface area contributed by atoms with Gasteiger partial charge in [-0.25, -0.2) is 4.98 Å². The van der Waals surface area contributed by atoms with Crippen molar-refractivity contribution in [2.45, 2.75) is 12.8 Å². The summed E-state index contributed by atoms with van der Waals surface area (Å²) in [7, 11) is 1.94. The number of nitrogens with one attached hydrogen (secondary N) is 1. The van der Waals surface area contributed by atoms with Crippen LogP contribution in [0.2, 0.25) is 0 Å². The molecule has 0 bridgehead atoms. The van der Waals surface area contributed by atoms with Crippen molar-refractivity contribution in [3.8, 4) is 22.8 Å². The second-order valence-electron chi connectivity index (χ2n) is 4.66. The van der Waals surface area contributed by atoms with Gasteiger partial charge in [-0.2, -0.15) is 0 Å². The highest BCUT2D eigenvalue weighted by atomic mass is 16.6. The quantitative estimate of drug-likeness (QED) is 0.848. The Morgan fingerprint density at radius 2 is 2.15 bits per heavy atom. The average Bonchev–Trinajstić information content (AvgIpc) is 2.96. The zero-order chi connectivity index (χ0) is 13.8. The van der Waals surface area contributed by atoms with Crippen LogP contribution in [-0.2, 0) is 6.42 Å². The van der Waals surface area contributed by atoms with Gasteiger partial charge in [-0.05, 0) is 32.1 Å². The van der Waals surface area contributed by atoms with E-state index in [0.717, 1.165) is 48.1 Å². The number of para-hydroxylation sites is 1. The van der Waals surface area contributed by atoms with Crippen molar-refractivity contribution in [1.82, 2.24) is 10.3 Å². The van der Waals surface area contributed by atoms with E-state index in [9.17, 15) is 0 Å². The Balaban J connectivity index is 1.82. The summed E-state index contributed by atoms with van der Waals surface area (Å²) in [5, 5.41) is 3.11. The summed E-state index contributed by atoms with van der Waals surface area (Å²) < 4.78 is 17.1. The molecule has 0 fully saturated rings. The van der Waals surface area contributed by atoms with E-state index >= 15 is 0 Å². The molecular weight excluding hydrogens is 256 g/mol. The molecule has 1 aromatic carbocycles. The fourth-order valence-corrected chi connectivity index (χ4v) is 2.23. The van der Waals surface area contributed by atoms with Crippen LogP contribution in [0.1, 0.15) is 12.3 Å². The molecule has 3 rings (SSSR count). The average molecular weight is 274 g/mol. The molecule has 0 amide bonds. The van der Waals surface area contributed by atoms with E-state index < -0.39 is 0 Å². The highest BCUT2D eigenvalue weighted by molar-refractivity contribution is 5.69. The van der Waals surface area contributed by atoms with E-state index in [1.807, 2.05) is 25.2 Å². The third kappa shape index (κ3) is 2.63. The third-order valence-electron chi connectivity index (χ3n) is 3.20.